The summed E-state index contributed by atoms with van der Waals surface area (Å²) in [7, 11) is 0. The molecular weight excluding hydrogens is 471 g/mol. The average molecular weight is 487 g/mol. The summed E-state index contributed by atoms with van der Waals surface area (Å²) in [6.07, 6.45) is 0.139. The topological polar surface area (TPSA) is 79.1 Å². The van der Waals surface area contributed by atoms with Crippen LogP contribution in [0.3, 0.4) is 0 Å². The molecule has 1 aromatic carbocycles. The van der Waals surface area contributed by atoms with Crippen LogP contribution in [-0.2, 0) is 16.1 Å². The third-order valence-corrected chi connectivity index (χ3v) is 6.80. The molecule has 3 heterocycles. The van der Waals surface area contributed by atoms with Gasteiger partial charge in [0.05, 0.1) is 33.1 Å². The Bertz CT molecular complexity index is 1200. The number of hydrogen-bond acceptors (Lipinski definition) is 7. The Kier molecular flexibility index (Phi) is 6.33. The molecule has 0 saturated carbocycles. The number of aryl methyl sites for hydroxylation is 1. The van der Waals surface area contributed by atoms with Gasteiger partial charge in [0.1, 0.15) is 17.6 Å². The van der Waals surface area contributed by atoms with Crippen molar-refractivity contribution in [1.82, 2.24) is 4.57 Å². The molecule has 0 unspecified atom stereocenters. The summed E-state index contributed by atoms with van der Waals surface area (Å²) < 4.78 is 19.7. The van der Waals surface area contributed by atoms with E-state index in [0.29, 0.717) is 47.0 Å². The van der Waals surface area contributed by atoms with Crippen LogP contribution in [-0.4, -0.2) is 36.3 Å². The Labute approximate surface area is 189 Å². The fourth-order valence-electron chi connectivity index (χ4n) is 2.98. The van der Waals surface area contributed by atoms with Gasteiger partial charge in [-0.05, 0) is 13.0 Å². The Morgan fingerprint density at radius 1 is 1.17 bits per heavy atom. The van der Waals surface area contributed by atoms with E-state index in [2.05, 4.69) is 4.99 Å². The molecule has 30 heavy (non-hydrogen) atoms. The summed E-state index contributed by atoms with van der Waals surface area (Å²) in [4.78, 5) is 29.3. The number of halogens is 2. The minimum Gasteiger partial charge on any atom is -0.486 e. The van der Waals surface area contributed by atoms with Crippen LogP contribution in [0.1, 0.15) is 23.7 Å². The number of ether oxygens (including phenoxy) is 3. The van der Waals surface area contributed by atoms with E-state index in [1.54, 1.807) is 11.5 Å². The molecule has 4 rings (SSSR count). The predicted octanol–water partition coefficient (Wildman–Crippen LogP) is 4.54. The first kappa shape index (κ1) is 21.2. The molecule has 7 nitrogen and oxygen atoms in total. The summed E-state index contributed by atoms with van der Waals surface area (Å²) in [6, 6.07) is 5.19. The number of nitrogens with zero attached hydrogens (tertiary/aromatic N) is 2. The molecule has 2 aromatic heterocycles. The molecule has 0 spiro atoms. The van der Waals surface area contributed by atoms with Gasteiger partial charge < -0.3 is 18.8 Å². The lowest BCUT2D eigenvalue weighted by atomic mass is 10.2. The van der Waals surface area contributed by atoms with Gasteiger partial charge in [-0.1, -0.05) is 34.5 Å². The van der Waals surface area contributed by atoms with Gasteiger partial charge in [-0.25, -0.2) is 0 Å². The smallest absolute Gasteiger partial charge is 0.307 e. The average Bonchev–Trinajstić information content (AvgIpc) is 3.22. The van der Waals surface area contributed by atoms with Crippen molar-refractivity contribution in [3.8, 4) is 11.5 Å². The van der Waals surface area contributed by atoms with E-state index >= 15 is 0 Å². The van der Waals surface area contributed by atoms with Gasteiger partial charge in [-0.2, -0.15) is 4.99 Å². The summed E-state index contributed by atoms with van der Waals surface area (Å²) in [5, 5.41) is 0. The molecule has 0 saturated heterocycles. The second-order valence-electron chi connectivity index (χ2n) is 6.21. The second kappa shape index (κ2) is 8.97. The van der Waals surface area contributed by atoms with Crippen LogP contribution in [0.15, 0.2) is 23.2 Å². The number of carbonyl (C=O) groups excluding carboxylic acids is 2. The van der Waals surface area contributed by atoms with Crippen LogP contribution >= 0.6 is 45.9 Å². The third kappa shape index (κ3) is 4.34. The summed E-state index contributed by atoms with van der Waals surface area (Å²) in [6.45, 7) is 3.28. The van der Waals surface area contributed by atoms with E-state index in [0.717, 1.165) is 21.6 Å². The second-order valence-corrected chi connectivity index (χ2v) is 9.50. The molecular formula is C19H16Cl2N2O5S2. The number of amides is 1. The van der Waals surface area contributed by atoms with Crippen molar-refractivity contribution in [2.75, 3.05) is 19.8 Å². The maximum Gasteiger partial charge on any atom is 0.307 e. The Morgan fingerprint density at radius 3 is 2.57 bits per heavy atom. The van der Waals surface area contributed by atoms with Gasteiger partial charge in [-0.3, -0.25) is 9.59 Å². The highest BCUT2D eigenvalue weighted by Gasteiger charge is 2.19. The van der Waals surface area contributed by atoms with Crippen molar-refractivity contribution in [2.45, 2.75) is 19.9 Å². The molecule has 158 valence electrons. The molecule has 1 aliphatic rings. The lowest BCUT2D eigenvalue weighted by molar-refractivity contribution is -0.143. The van der Waals surface area contributed by atoms with Crippen LogP contribution in [0.25, 0.3) is 10.2 Å². The minimum atomic E-state index is -0.503. The summed E-state index contributed by atoms with van der Waals surface area (Å²) in [5.41, 5.74) is 1.03. The number of benzene rings is 1. The van der Waals surface area contributed by atoms with Gasteiger partial charge in [-0.15, -0.1) is 11.3 Å². The highest BCUT2D eigenvalue weighted by molar-refractivity contribution is 7.20. The zero-order valence-electron chi connectivity index (χ0n) is 15.8. The van der Waals surface area contributed by atoms with E-state index in [1.165, 1.54) is 17.4 Å². The van der Waals surface area contributed by atoms with Crippen molar-refractivity contribution in [3.63, 3.8) is 0 Å². The zero-order valence-corrected chi connectivity index (χ0v) is 18.9. The van der Waals surface area contributed by atoms with Crippen molar-refractivity contribution in [2.24, 2.45) is 4.99 Å². The lowest BCUT2D eigenvalue weighted by Crippen LogP contribution is -2.20. The van der Waals surface area contributed by atoms with Crippen LogP contribution in [0.4, 0.5) is 0 Å². The number of fused-ring (bicyclic) bond motifs is 2. The van der Waals surface area contributed by atoms with E-state index in [9.17, 15) is 9.59 Å². The van der Waals surface area contributed by atoms with Crippen LogP contribution < -0.4 is 14.3 Å². The quantitative estimate of drug-likeness (QED) is 0.494. The number of carbonyl (C=O) groups is 2. The molecule has 0 fully saturated rings. The van der Waals surface area contributed by atoms with Crippen molar-refractivity contribution >= 4 is 68.0 Å². The molecule has 1 amide bonds. The molecule has 3 aromatic rings. The molecule has 0 atom stereocenters. The van der Waals surface area contributed by atoms with Gasteiger partial charge in [0.2, 0.25) is 0 Å². The third-order valence-electron chi connectivity index (χ3n) is 4.28. The largest absolute Gasteiger partial charge is 0.486 e. The minimum absolute atomic E-state index is 0.139. The van der Waals surface area contributed by atoms with E-state index in [4.69, 9.17) is 37.4 Å². The summed E-state index contributed by atoms with van der Waals surface area (Å²) in [5.74, 6) is 0.420. The van der Waals surface area contributed by atoms with Gasteiger partial charge in [0, 0.05) is 18.7 Å². The van der Waals surface area contributed by atoms with E-state index < -0.39 is 5.91 Å². The molecule has 0 N–H and O–H groups in total. The number of hydrogen-bond donors (Lipinski definition) is 0. The van der Waals surface area contributed by atoms with Gasteiger partial charge in [0.25, 0.3) is 5.91 Å². The maximum atomic E-state index is 12.7. The number of esters is 1. The van der Waals surface area contributed by atoms with Crippen LogP contribution in [0.2, 0.25) is 8.67 Å². The van der Waals surface area contributed by atoms with Crippen LogP contribution in [0.5, 0.6) is 11.5 Å². The lowest BCUT2D eigenvalue weighted by Gasteiger charge is -2.18. The van der Waals surface area contributed by atoms with Gasteiger partial charge >= 0.3 is 5.97 Å². The monoisotopic (exact) mass is 486 g/mol. The fraction of sp³-hybridized carbons (Fsp3) is 0.316. The number of aromatic nitrogens is 1. The Hall–Kier alpha value is -2.07. The van der Waals surface area contributed by atoms with Crippen molar-refractivity contribution in [1.29, 1.82) is 0 Å². The number of thiophene rings is 1. The number of rotatable bonds is 5. The molecule has 0 aliphatic carbocycles. The fourth-order valence-corrected chi connectivity index (χ4v) is 5.49. The Balaban J connectivity index is 1.80. The number of thiazole rings is 1. The van der Waals surface area contributed by atoms with Crippen molar-refractivity contribution in [3.05, 3.63) is 37.2 Å². The van der Waals surface area contributed by atoms with Gasteiger partial charge in [0.15, 0.2) is 16.3 Å². The first-order valence-corrected chi connectivity index (χ1v) is 11.5. The normalized spacial score (nSPS) is 13.6. The van der Waals surface area contributed by atoms with Crippen molar-refractivity contribution < 1.29 is 23.8 Å². The van der Waals surface area contributed by atoms with E-state index in [1.807, 2.05) is 12.1 Å². The first-order chi connectivity index (χ1) is 14.5. The first-order valence-electron chi connectivity index (χ1n) is 9.08. The predicted molar refractivity (Wildman–Crippen MR) is 116 cm³/mol. The molecule has 0 bridgehead atoms. The SMILES string of the molecule is CCOC(=O)CCn1c(=NC(=O)c2cc(Cl)sc2Cl)sc2cc3c(cc21)OCCO3. The van der Waals surface area contributed by atoms with Crippen LogP contribution in [0, 0.1) is 0 Å². The maximum absolute atomic E-state index is 12.7. The standard InChI is InChI=1S/C19H16Cl2N2O5S2/c1-2-26-16(24)3-4-23-11-8-12-13(28-6-5-27-12)9-14(11)29-19(23)22-18(25)10-7-15(20)30-17(10)21/h7-9H,2-6H2,1H3. The zero-order chi connectivity index (χ0) is 21.3. The molecule has 11 heteroatoms. The van der Waals surface area contributed by atoms with E-state index in [-0.39, 0.29) is 22.3 Å². The molecule has 0 radical (unpaired) electrons. The highest BCUT2D eigenvalue weighted by Crippen LogP contribution is 2.36. The highest BCUT2D eigenvalue weighted by atomic mass is 35.5. The Morgan fingerprint density at radius 2 is 1.90 bits per heavy atom. The molecule has 1 aliphatic heterocycles. The summed E-state index contributed by atoms with van der Waals surface area (Å²) >= 11 is 14.5.